The van der Waals surface area contributed by atoms with E-state index in [2.05, 4.69) is 36.4 Å². The molecule has 0 fully saturated rings. The second kappa shape index (κ2) is 7.03. The largest absolute Gasteiger partial charge is 0.353 e. The zero-order chi connectivity index (χ0) is 21.0. The number of fused-ring (bicyclic) bond motifs is 4. The van der Waals surface area contributed by atoms with E-state index in [1.165, 1.54) is 6.07 Å². The van der Waals surface area contributed by atoms with Crippen LogP contribution in [0.25, 0.3) is 10.9 Å². The smallest absolute Gasteiger partial charge is 0.294 e. The van der Waals surface area contributed by atoms with E-state index >= 15 is 0 Å². The number of aryl methyl sites for hydroxylation is 1. The molecule has 1 aromatic heterocycles. The van der Waals surface area contributed by atoms with E-state index in [1.54, 1.807) is 6.07 Å². The summed E-state index contributed by atoms with van der Waals surface area (Å²) in [6, 6.07) is 8.65. The number of nitro benzene ring substituents is 1. The van der Waals surface area contributed by atoms with Gasteiger partial charge in [-0.25, -0.2) is 0 Å². The molecule has 3 aromatic rings. The molecule has 0 atom stereocenters. The van der Waals surface area contributed by atoms with Gasteiger partial charge >= 0.3 is 0 Å². The Morgan fingerprint density at radius 1 is 1.17 bits per heavy atom. The molecule has 0 radical (unpaired) electrons. The van der Waals surface area contributed by atoms with Crippen molar-refractivity contribution >= 4 is 67.1 Å². The lowest BCUT2D eigenvalue weighted by Crippen LogP contribution is -2.15. The summed E-state index contributed by atoms with van der Waals surface area (Å²) in [5.74, 6) is -0.519. The molecular weight excluding hydrogens is 474 g/mol. The van der Waals surface area contributed by atoms with Crippen molar-refractivity contribution in [2.24, 2.45) is 10.2 Å². The Morgan fingerprint density at radius 2 is 2.00 bits per heavy atom. The number of carbonyl (C=O) groups is 1. The highest BCUT2D eigenvalue weighted by Gasteiger charge is 2.33. The van der Waals surface area contributed by atoms with E-state index < -0.39 is 10.8 Å². The van der Waals surface area contributed by atoms with Crippen molar-refractivity contribution in [3.63, 3.8) is 0 Å². The van der Waals surface area contributed by atoms with Gasteiger partial charge in [-0.15, -0.1) is 5.10 Å². The van der Waals surface area contributed by atoms with E-state index in [1.807, 2.05) is 18.2 Å². The van der Waals surface area contributed by atoms with Gasteiger partial charge in [-0.1, -0.05) is 27.5 Å². The number of nitro groups is 1. The Morgan fingerprint density at radius 3 is 2.80 bits per heavy atom. The quantitative estimate of drug-likeness (QED) is 0.393. The fourth-order valence-electron chi connectivity index (χ4n) is 3.94. The number of hydrogen-bond acceptors (Lipinski definition) is 5. The lowest BCUT2D eigenvalue weighted by atomic mass is 9.94. The van der Waals surface area contributed by atoms with Crippen LogP contribution in [0.4, 0.5) is 11.4 Å². The maximum absolute atomic E-state index is 12.4. The van der Waals surface area contributed by atoms with E-state index in [0.29, 0.717) is 21.5 Å². The molecule has 0 saturated heterocycles. The SMILES string of the molecule is O=C1Nc2c(cc(Br)cc2[N+](=O)[O-])/C1=N\N=C1\CCCc2c1[nH]c1ccc(Cl)cc21. The summed E-state index contributed by atoms with van der Waals surface area (Å²) in [5, 5.41) is 24.2. The van der Waals surface area contributed by atoms with Crippen LogP contribution >= 0.6 is 27.5 Å². The molecule has 1 aliphatic heterocycles. The minimum absolute atomic E-state index is 0.0492. The van der Waals surface area contributed by atoms with Gasteiger partial charge in [0.05, 0.1) is 16.3 Å². The molecule has 8 nitrogen and oxygen atoms in total. The summed E-state index contributed by atoms with van der Waals surface area (Å²) >= 11 is 9.41. The number of amides is 1. The topological polar surface area (TPSA) is 113 Å². The third kappa shape index (κ3) is 3.01. The molecule has 30 heavy (non-hydrogen) atoms. The maximum atomic E-state index is 12.4. The van der Waals surface area contributed by atoms with Crippen LogP contribution in [0.5, 0.6) is 0 Å². The molecule has 2 heterocycles. The third-order valence-corrected chi connectivity index (χ3v) is 5.95. The van der Waals surface area contributed by atoms with Crippen molar-refractivity contribution in [1.82, 2.24) is 4.98 Å². The maximum Gasteiger partial charge on any atom is 0.294 e. The first-order valence-electron chi connectivity index (χ1n) is 9.17. The molecule has 10 heteroatoms. The van der Waals surface area contributed by atoms with Crippen molar-refractivity contribution in [2.75, 3.05) is 5.32 Å². The number of benzene rings is 2. The number of carbonyl (C=O) groups excluding carboxylic acids is 1. The number of nitrogens with zero attached hydrogens (tertiary/aromatic N) is 3. The van der Waals surface area contributed by atoms with Gasteiger partial charge < -0.3 is 10.3 Å². The average Bonchev–Trinajstić information content (AvgIpc) is 3.23. The van der Waals surface area contributed by atoms with Crippen LogP contribution in [-0.4, -0.2) is 27.2 Å². The molecule has 0 bridgehead atoms. The first-order valence-corrected chi connectivity index (χ1v) is 10.3. The Hall–Kier alpha value is -3.04. The Bertz CT molecular complexity index is 1330. The van der Waals surface area contributed by atoms with Crippen molar-refractivity contribution in [3.05, 3.63) is 66.8 Å². The van der Waals surface area contributed by atoms with Crippen LogP contribution in [0.3, 0.4) is 0 Å². The van der Waals surface area contributed by atoms with Gasteiger partial charge in [-0.2, -0.15) is 5.10 Å². The lowest BCUT2D eigenvalue weighted by molar-refractivity contribution is -0.384. The molecule has 150 valence electrons. The lowest BCUT2D eigenvalue weighted by Gasteiger charge is -2.13. The van der Waals surface area contributed by atoms with Gasteiger partial charge in [-0.3, -0.25) is 14.9 Å². The van der Waals surface area contributed by atoms with Crippen LogP contribution in [0.1, 0.15) is 29.7 Å². The molecule has 1 aliphatic carbocycles. The number of aromatic amines is 1. The number of hydrogen-bond donors (Lipinski definition) is 2. The normalized spacial score (nSPS) is 18.0. The summed E-state index contributed by atoms with van der Waals surface area (Å²) in [4.78, 5) is 26.6. The summed E-state index contributed by atoms with van der Waals surface area (Å²) < 4.78 is 0.484. The standard InChI is InChI=1S/C20H13BrClN5O3/c21-9-6-13-18(16(7-9)27(29)30)24-20(28)19(13)26-25-15-3-1-2-11-12-8-10(22)4-5-14(12)23-17(11)15/h4-8,23H,1-3H2,(H,24,26,28)/b25-15-. The van der Waals surface area contributed by atoms with E-state index in [-0.39, 0.29) is 17.1 Å². The summed E-state index contributed by atoms with van der Waals surface area (Å²) in [5.41, 5.74) is 4.07. The molecule has 1 amide bonds. The van der Waals surface area contributed by atoms with Crippen molar-refractivity contribution in [3.8, 4) is 0 Å². The van der Waals surface area contributed by atoms with Gasteiger partial charge in [0.1, 0.15) is 5.69 Å². The van der Waals surface area contributed by atoms with E-state index in [9.17, 15) is 14.9 Å². The number of halogens is 2. The van der Waals surface area contributed by atoms with Crippen LogP contribution in [-0.2, 0) is 11.2 Å². The van der Waals surface area contributed by atoms with Crippen LogP contribution in [0.15, 0.2) is 45.0 Å². The number of H-pyrrole nitrogens is 1. The molecule has 0 unspecified atom stereocenters. The van der Waals surface area contributed by atoms with Gasteiger partial charge in [0, 0.05) is 32.0 Å². The van der Waals surface area contributed by atoms with E-state index in [4.69, 9.17) is 11.6 Å². The van der Waals surface area contributed by atoms with Crippen molar-refractivity contribution in [2.45, 2.75) is 19.3 Å². The highest BCUT2D eigenvalue weighted by molar-refractivity contribution is 9.10. The molecule has 2 aliphatic rings. The summed E-state index contributed by atoms with van der Waals surface area (Å²) in [6.07, 6.45) is 2.50. The van der Waals surface area contributed by atoms with Crippen molar-refractivity contribution in [1.29, 1.82) is 0 Å². The van der Waals surface area contributed by atoms with Crippen LogP contribution in [0.2, 0.25) is 5.02 Å². The number of anilines is 1. The number of rotatable bonds is 2. The molecule has 0 saturated carbocycles. The minimum atomic E-state index is -0.540. The molecular formula is C20H13BrClN5O3. The molecule has 5 rings (SSSR count). The summed E-state index contributed by atoms with van der Waals surface area (Å²) in [6.45, 7) is 0. The number of nitrogens with one attached hydrogen (secondary N) is 2. The Kier molecular flexibility index (Phi) is 4.44. The van der Waals surface area contributed by atoms with Gasteiger partial charge in [-0.05, 0) is 49.1 Å². The molecule has 2 N–H and O–H groups in total. The predicted molar refractivity (Wildman–Crippen MR) is 119 cm³/mol. The Labute approximate surface area is 183 Å². The highest BCUT2D eigenvalue weighted by Crippen LogP contribution is 2.37. The predicted octanol–water partition coefficient (Wildman–Crippen LogP) is 4.97. The zero-order valence-electron chi connectivity index (χ0n) is 15.3. The molecule has 2 aromatic carbocycles. The van der Waals surface area contributed by atoms with E-state index in [0.717, 1.165) is 40.7 Å². The van der Waals surface area contributed by atoms with Crippen LogP contribution in [0, 0.1) is 10.1 Å². The van der Waals surface area contributed by atoms with Gasteiger partial charge in [0.2, 0.25) is 0 Å². The number of aromatic nitrogens is 1. The first-order chi connectivity index (χ1) is 14.4. The second-order valence-electron chi connectivity index (χ2n) is 7.08. The summed E-state index contributed by atoms with van der Waals surface area (Å²) in [7, 11) is 0. The first kappa shape index (κ1) is 19.0. The molecule has 0 spiro atoms. The van der Waals surface area contributed by atoms with Gasteiger partial charge in [0.15, 0.2) is 5.71 Å². The van der Waals surface area contributed by atoms with Gasteiger partial charge in [0.25, 0.3) is 11.6 Å². The fourth-order valence-corrected chi connectivity index (χ4v) is 4.56. The fraction of sp³-hybridized carbons (Fsp3) is 0.150. The second-order valence-corrected chi connectivity index (χ2v) is 8.43. The minimum Gasteiger partial charge on any atom is -0.353 e. The average molecular weight is 487 g/mol. The zero-order valence-corrected chi connectivity index (χ0v) is 17.7. The third-order valence-electron chi connectivity index (χ3n) is 5.26. The highest BCUT2D eigenvalue weighted by atomic mass is 79.9. The van der Waals surface area contributed by atoms with Crippen molar-refractivity contribution < 1.29 is 9.72 Å². The Balaban J connectivity index is 1.61. The van der Waals surface area contributed by atoms with Crippen LogP contribution < -0.4 is 5.32 Å². The monoisotopic (exact) mass is 485 g/mol.